The molecule has 0 radical (unpaired) electrons. The van der Waals surface area contributed by atoms with E-state index in [4.69, 9.17) is 4.74 Å². The lowest BCUT2D eigenvalue weighted by molar-refractivity contribution is -0.137. The summed E-state index contributed by atoms with van der Waals surface area (Å²) >= 11 is 0. The maximum absolute atomic E-state index is 13.5. The van der Waals surface area contributed by atoms with Crippen molar-refractivity contribution in [1.82, 2.24) is 15.0 Å². The van der Waals surface area contributed by atoms with E-state index in [0.717, 1.165) is 17.8 Å². The molecule has 2 aromatic heterocycles. The second-order valence-electron chi connectivity index (χ2n) is 7.52. The highest BCUT2D eigenvalue weighted by Crippen LogP contribution is 2.37. The molecule has 0 amide bonds. The van der Waals surface area contributed by atoms with Crippen LogP contribution >= 0.6 is 0 Å². The first kappa shape index (κ1) is 24.1. The van der Waals surface area contributed by atoms with Crippen molar-refractivity contribution in [3.63, 3.8) is 0 Å². The molecule has 7 nitrogen and oxygen atoms in total. The number of hydrogen-bond acceptors (Lipinski definition) is 6. The van der Waals surface area contributed by atoms with Gasteiger partial charge in [-0.15, -0.1) is 0 Å². The van der Waals surface area contributed by atoms with Gasteiger partial charge in [-0.3, -0.25) is 9.71 Å². The number of halogens is 3. The summed E-state index contributed by atoms with van der Waals surface area (Å²) in [4.78, 5) is 12.2. The van der Waals surface area contributed by atoms with Crippen molar-refractivity contribution < 1.29 is 26.3 Å². The maximum Gasteiger partial charge on any atom is 0.417 e. The number of alkyl halides is 3. The average molecular weight is 501 g/mol. The van der Waals surface area contributed by atoms with Gasteiger partial charge in [-0.2, -0.15) is 13.2 Å². The Labute approximate surface area is 199 Å². The van der Waals surface area contributed by atoms with Crippen LogP contribution in [0, 0.1) is 6.92 Å². The zero-order chi connectivity index (χ0) is 25.1. The van der Waals surface area contributed by atoms with E-state index in [2.05, 4.69) is 19.7 Å². The van der Waals surface area contributed by atoms with Crippen LogP contribution in [0.25, 0.3) is 11.3 Å². The lowest BCUT2D eigenvalue weighted by Gasteiger charge is -2.15. The number of aryl methyl sites for hydroxylation is 1. The van der Waals surface area contributed by atoms with E-state index in [0.29, 0.717) is 5.56 Å². The number of nitrogens with zero attached hydrogens (tertiary/aromatic N) is 3. The Morgan fingerprint density at radius 2 is 1.71 bits per heavy atom. The Hall–Kier alpha value is -3.99. The number of pyridine rings is 1. The van der Waals surface area contributed by atoms with Crippen molar-refractivity contribution in [1.29, 1.82) is 0 Å². The summed E-state index contributed by atoms with van der Waals surface area (Å²) in [6.07, 6.45) is -0.458. The van der Waals surface area contributed by atoms with E-state index in [1.54, 1.807) is 30.5 Å². The summed E-state index contributed by atoms with van der Waals surface area (Å²) in [7, 11) is -4.07. The van der Waals surface area contributed by atoms with E-state index in [1.807, 2.05) is 6.92 Å². The molecule has 1 N–H and O–H groups in total. The third-order valence-electron chi connectivity index (χ3n) is 4.91. The topological polar surface area (TPSA) is 94.1 Å². The van der Waals surface area contributed by atoms with E-state index in [9.17, 15) is 21.6 Å². The molecule has 35 heavy (non-hydrogen) atoms. The zero-order valence-corrected chi connectivity index (χ0v) is 19.1. The Morgan fingerprint density at radius 3 is 2.40 bits per heavy atom. The van der Waals surface area contributed by atoms with Gasteiger partial charge in [0.25, 0.3) is 15.9 Å². The predicted octanol–water partition coefficient (Wildman–Crippen LogP) is 5.25. The number of anilines is 1. The Bertz CT molecular complexity index is 1430. The minimum atomic E-state index is -4.62. The summed E-state index contributed by atoms with van der Waals surface area (Å²) in [5.74, 6) is -0.540. The zero-order valence-electron chi connectivity index (χ0n) is 18.3. The van der Waals surface area contributed by atoms with Gasteiger partial charge in [0, 0.05) is 23.5 Å². The van der Waals surface area contributed by atoms with Gasteiger partial charge in [-0.25, -0.2) is 18.4 Å². The molecule has 0 aliphatic heterocycles. The summed E-state index contributed by atoms with van der Waals surface area (Å²) in [5.41, 5.74) is 0.268. The first-order valence-corrected chi connectivity index (χ1v) is 11.8. The van der Waals surface area contributed by atoms with E-state index < -0.39 is 21.8 Å². The first-order valence-electron chi connectivity index (χ1n) is 10.3. The number of ether oxygens (including phenoxy) is 1. The summed E-state index contributed by atoms with van der Waals surface area (Å²) in [5, 5.41) is 0. The van der Waals surface area contributed by atoms with Gasteiger partial charge < -0.3 is 4.74 Å². The fourth-order valence-electron chi connectivity index (χ4n) is 3.17. The van der Waals surface area contributed by atoms with Crippen molar-refractivity contribution >= 4 is 15.8 Å². The molecule has 4 rings (SSSR count). The molecule has 0 bridgehead atoms. The van der Waals surface area contributed by atoms with Crippen LogP contribution in [0.3, 0.4) is 0 Å². The van der Waals surface area contributed by atoms with Crippen LogP contribution < -0.4 is 9.46 Å². The molecule has 0 unspecified atom stereocenters. The van der Waals surface area contributed by atoms with Gasteiger partial charge >= 0.3 is 6.18 Å². The fraction of sp³-hybridized carbons (Fsp3) is 0.125. The highest BCUT2D eigenvalue weighted by molar-refractivity contribution is 7.92. The number of benzene rings is 2. The minimum absolute atomic E-state index is 0.0189. The predicted molar refractivity (Wildman–Crippen MR) is 123 cm³/mol. The monoisotopic (exact) mass is 500 g/mol. The van der Waals surface area contributed by atoms with E-state index in [-0.39, 0.29) is 34.5 Å². The molecule has 0 aliphatic rings. The quantitative estimate of drug-likeness (QED) is 0.373. The van der Waals surface area contributed by atoms with Crippen LogP contribution in [0.5, 0.6) is 5.88 Å². The van der Waals surface area contributed by atoms with Crippen LogP contribution in [-0.4, -0.2) is 23.4 Å². The number of hydrogen-bond donors (Lipinski definition) is 1. The molecule has 0 spiro atoms. The third-order valence-corrected chi connectivity index (χ3v) is 6.26. The lowest BCUT2D eigenvalue weighted by Crippen LogP contribution is -2.16. The Kier molecular flexibility index (Phi) is 6.70. The van der Waals surface area contributed by atoms with Crippen molar-refractivity contribution in [2.45, 2.75) is 24.6 Å². The van der Waals surface area contributed by atoms with Gasteiger partial charge in [0.05, 0.1) is 22.3 Å². The lowest BCUT2D eigenvalue weighted by atomic mass is 10.0. The van der Waals surface area contributed by atoms with Gasteiger partial charge in [0.2, 0.25) is 5.82 Å². The Balaban J connectivity index is 1.74. The molecule has 4 aromatic rings. The van der Waals surface area contributed by atoms with Crippen molar-refractivity contribution in [2.75, 3.05) is 4.72 Å². The molecule has 11 heteroatoms. The van der Waals surface area contributed by atoms with Crippen LogP contribution in [0.2, 0.25) is 0 Å². The van der Waals surface area contributed by atoms with Crippen LogP contribution in [0.1, 0.15) is 16.7 Å². The summed E-state index contributed by atoms with van der Waals surface area (Å²) in [6, 6.07) is 14.4. The van der Waals surface area contributed by atoms with Crippen LogP contribution in [0.4, 0.5) is 19.0 Å². The van der Waals surface area contributed by atoms with Gasteiger partial charge in [0.15, 0.2) is 0 Å². The molecular formula is C24H19F3N4O3S. The minimum Gasteiger partial charge on any atom is -0.470 e. The Morgan fingerprint density at radius 1 is 0.971 bits per heavy atom. The van der Waals surface area contributed by atoms with Gasteiger partial charge in [-0.05, 0) is 31.2 Å². The number of sulfonamides is 1. The first-order chi connectivity index (χ1) is 16.6. The van der Waals surface area contributed by atoms with Crippen LogP contribution in [-0.2, 0) is 22.8 Å². The molecule has 0 saturated heterocycles. The van der Waals surface area contributed by atoms with E-state index in [1.165, 1.54) is 36.5 Å². The third kappa shape index (κ3) is 5.75. The van der Waals surface area contributed by atoms with Crippen LogP contribution in [0.15, 0.2) is 84.1 Å². The smallest absolute Gasteiger partial charge is 0.417 e. The highest BCUT2D eigenvalue weighted by Gasteiger charge is 2.34. The molecule has 2 aromatic carbocycles. The SMILES string of the molecule is Cc1ccc(S(=O)(=O)Nc2ncc(-c3ccccc3C(F)(F)F)nc2OCc2cccnc2)cc1. The number of rotatable bonds is 7. The van der Waals surface area contributed by atoms with Crippen molar-refractivity contribution in [3.05, 3.63) is 95.9 Å². The molecule has 0 fully saturated rings. The largest absolute Gasteiger partial charge is 0.470 e. The highest BCUT2D eigenvalue weighted by atomic mass is 32.2. The molecule has 2 heterocycles. The fourth-order valence-corrected chi connectivity index (χ4v) is 4.17. The average Bonchev–Trinajstić information content (AvgIpc) is 2.83. The number of nitrogens with one attached hydrogen (secondary N) is 1. The summed E-state index contributed by atoms with van der Waals surface area (Å²) < 4.78 is 74.4. The molecule has 0 saturated carbocycles. The molecule has 0 aliphatic carbocycles. The van der Waals surface area contributed by atoms with Crippen molar-refractivity contribution in [2.24, 2.45) is 0 Å². The second-order valence-corrected chi connectivity index (χ2v) is 9.20. The second kappa shape index (κ2) is 9.71. The van der Waals surface area contributed by atoms with Gasteiger partial charge in [-0.1, -0.05) is 42.0 Å². The van der Waals surface area contributed by atoms with Gasteiger partial charge in [0.1, 0.15) is 6.61 Å². The van der Waals surface area contributed by atoms with E-state index >= 15 is 0 Å². The summed E-state index contributed by atoms with van der Waals surface area (Å²) in [6.45, 7) is 1.75. The standard InChI is InChI=1S/C24H19F3N4O3S/c1-16-8-10-18(11-9-16)35(32,33)31-22-23(34-15-17-5-4-12-28-13-17)30-21(14-29-22)19-6-2-3-7-20(19)24(25,26)27/h2-14H,15H2,1H3,(H,29,31). The molecule has 0 atom stereocenters. The van der Waals surface area contributed by atoms with Crippen molar-refractivity contribution in [3.8, 4) is 17.1 Å². The molecule has 180 valence electrons. The normalized spacial score (nSPS) is 11.8. The molecular weight excluding hydrogens is 481 g/mol. The maximum atomic E-state index is 13.5. The number of aromatic nitrogens is 3.